The summed E-state index contributed by atoms with van der Waals surface area (Å²) in [5.41, 5.74) is 2.25. The fourth-order valence-corrected chi connectivity index (χ4v) is 1.78. The number of fused-ring (bicyclic) bond motifs is 1. The summed E-state index contributed by atoms with van der Waals surface area (Å²) in [4.78, 5) is 15.6. The Hall–Kier alpha value is -1.45. The van der Waals surface area contributed by atoms with Crippen molar-refractivity contribution in [2.24, 2.45) is 0 Å². The molecule has 0 saturated carbocycles. The number of esters is 1. The van der Waals surface area contributed by atoms with Gasteiger partial charge in [0.25, 0.3) is 0 Å². The van der Waals surface area contributed by atoms with E-state index in [0.29, 0.717) is 5.56 Å². The molecule has 0 saturated heterocycles. The van der Waals surface area contributed by atoms with Crippen molar-refractivity contribution in [2.45, 2.75) is 11.9 Å². The smallest absolute Gasteiger partial charge is 0 e. The number of rotatable bonds is 1. The van der Waals surface area contributed by atoms with Gasteiger partial charge in [0.05, 0.1) is 18.2 Å². The van der Waals surface area contributed by atoms with E-state index in [1.54, 1.807) is 21.7 Å². The van der Waals surface area contributed by atoms with E-state index in [9.17, 15) is 4.79 Å². The van der Waals surface area contributed by atoms with Gasteiger partial charge in [-0.3, -0.25) is 4.98 Å². The fraction of sp³-hybridized carbons (Fsp3) is 0.105. The van der Waals surface area contributed by atoms with E-state index in [1.165, 1.54) is 7.11 Å². The molecule has 1 heterocycles. The number of halogens is 1. The third-order valence-electron chi connectivity index (χ3n) is 2.34. The van der Waals surface area contributed by atoms with E-state index >= 15 is 0 Å². The van der Waals surface area contributed by atoms with Crippen molar-refractivity contribution in [2.75, 3.05) is 7.11 Å². The number of pyridine rings is 1. The number of ether oxygens (including phenoxy) is 1. The number of hydrogen-bond acceptors (Lipinski definition) is 4. The molecule has 14 heteroatoms. The van der Waals surface area contributed by atoms with Crippen molar-refractivity contribution in [1.29, 1.82) is 0 Å². The maximum Gasteiger partial charge on any atom is 0 e. The van der Waals surface area contributed by atoms with Crippen molar-refractivity contribution < 1.29 is 78.1 Å². The van der Waals surface area contributed by atoms with Crippen molar-refractivity contribution in [3.8, 4) is 0 Å². The van der Waals surface area contributed by atoms with E-state index in [4.69, 9.17) is 45.2 Å². The molecular formula is C19H10INO9Re2S-. The molecular weight excluding hydrogens is 918 g/mol. The molecule has 0 atom stereocenters. The average molecular weight is 928 g/mol. The monoisotopic (exact) mass is 929 g/mol. The predicted molar refractivity (Wildman–Crippen MR) is 105 cm³/mol. The Morgan fingerprint density at radius 2 is 1.24 bits per heavy atom. The predicted octanol–water partition coefficient (Wildman–Crippen LogP) is 2.85. The van der Waals surface area contributed by atoms with Gasteiger partial charge in [-0.1, -0.05) is 16.7 Å². The average Bonchev–Trinajstić information content (AvgIpc) is 2.92. The molecule has 0 unspecified atom stereocenters. The minimum Gasteiger partial charge on any atom is 0 e. The van der Waals surface area contributed by atoms with Crippen LogP contribution in [-0.2, 0) is 85.9 Å². The van der Waals surface area contributed by atoms with Gasteiger partial charge in [0.1, 0.15) is 0 Å². The van der Waals surface area contributed by atoms with E-state index in [2.05, 4.69) is 75.8 Å². The summed E-state index contributed by atoms with van der Waals surface area (Å²) in [6.07, 6.45) is 0. The van der Waals surface area contributed by atoms with Gasteiger partial charge in [0.2, 0.25) is 0 Å². The van der Waals surface area contributed by atoms with Gasteiger partial charge < -0.3 is 17.4 Å². The number of aryl methyl sites for hydroxylation is 1. The van der Waals surface area contributed by atoms with Crippen LogP contribution in [0, 0.1) is 53.5 Å². The molecule has 0 fully saturated rings. The van der Waals surface area contributed by atoms with Gasteiger partial charge in [0, 0.05) is 25.8 Å². The molecule has 0 spiro atoms. The number of methoxy groups -OCH3 is 1. The quantitative estimate of drug-likeness (QED) is 0.141. The number of benzene rings is 1. The van der Waals surface area contributed by atoms with Crippen LogP contribution in [-0.4, -0.2) is 18.1 Å². The largest absolute Gasteiger partial charge is 0 e. The zero-order chi connectivity index (χ0) is 27.7. The molecule has 2 aromatic rings. The third kappa shape index (κ3) is 28.5. The normalized spacial score (nSPS) is 5.64. The van der Waals surface area contributed by atoms with Crippen LogP contribution >= 0.6 is 19.5 Å². The second-order valence-corrected chi connectivity index (χ2v) is 3.92. The van der Waals surface area contributed by atoms with Crippen LogP contribution in [0.5, 0.6) is 0 Å². The van der Waals surface area contributed by atoms with Gasteiger partial charge in [-0.05, 0) is 25.1 Å². The van der Waals surface area contributed by atoms with Crippen LogP contribution < -0.4 is 0 Å². The molecule has 0 amide bonds. The zero-order valence-electron chi connectivity index (χ0n) is 16.5. The fourth-order valence-electron chi connectivity index (χ4n) is 1.53. The van der Waals surface area contributed by atoms with Crippen molar-refractivity contribution >= 4 is 49.0 Å². The first kappa shape index (κ1) is 53.1. The number of carbonyl (C=O) groups excluding carboxylic acids is 1. The van der Waals surface area contributed by atoms with Crippen molar-refractivity contribution in [1.82, 2.24) is 4.98 Å². The van der Waals surface area contributed by atoms with Gasteiger partial charge in [-0.2, -0.15) is 0 Å². The minimum atomic E-state index is -0.444. The molecule has 10 nitrogen and oxygen atoms in total. The van der Waals surface area contributed by atoms with Crippen LogP contribution in [0.15, 0.2) is 29.3 Å². The van der Waals surface area contributed by atoms with Gasteiger partial charge >= 0.3 is 120 Å². The number of hydrogen-bond donors (Lipinski definition) is 0. The number of aromatic nitrogens is 1. The molecule has 1 radical (unpaired) electrons. The molecule has 1 aromatic carbocycles. The summed E-state index contributed by atoms with van der Waals surface area (Å²) >= 11 is 8.94. The second-order valence-electron chi connectivity index (χ2n) is 3.53. The first-order chi connectivity index (χ1) is 15.6. The van der Waals surface area contributed by atoms with E-state index < -0.39 is 5.97 Å². The van der Waals surface area contributed by atoms with E-state index in [0.717, 1.165) is 16.5 Å². The third-order valence-corrected chi connectivity index (χ3v) is 2.65. The Labute approximate surface area is 231 Å². The maximum absolute atomic E-state index is 11.4. The molecule has 2 rings (SSSR count). The summed E-state index contributed by atoms with van der Waals surface area (Å²) in [5.74, 6) is -0.444. The molecule has 33 heavy (non-hydrogen) atoms. The Morgan fingerprint density at radius 1 is 0.879 bits per heavy atom. The Balaban J connectivity index is -0.0000000524. The van der Waals surface area contributed by atoms with Crippen LogP contribution in [0.4, 0.5) is 0 Å². The Bertz CT molecular complexity index is 821. The minimum absolute atomic E-state index is 0. The summed E-state index contributed by atoms with van der Waals surface area (Å²) < 4.78 is 57.2. The molecule has 0 bridgehead atoms. The molecule has 0 N–H and O–H groups in total. The Kier molecular flexibility index (Phi) is 84.4. The first-order valence-corrected chi connectivity index (χ1v) is 14.5. The summed E-state index contributed by atoms with van der Waals surface area (Å²) in [6, 6.07) is 7.54. The molecule has 0 aliphatic carbocycles. The summed E-state index contributed by atoms with van der Waals surface area (Å²) in [5, 5.41) is 1.18. The van der Waals surface area contributed by atoms with E-state index in [1.807, 2.05) is 25.1 Å². The maximum atomic E-state index is 11.4. The van der Waals surface area contributed by atoms with Gasteiger partial charge in [0.15, 0.2) is 0 Å². The number of nitrogens with zero attached hydrogens (tertiary/aromatic N) is 1. The molecule has 0 aliphatic heterocycles. The van der Waals surface area contributed by atoms with Crippen LogP contribution in [0.1, 0.15) is 15.9 Å². The van der Waals surface area contributed by atoms with Gasteiger partial charge in [-0.15, -0.1) is 0 Å². The topological polar surface area (TPSA) is 178 Å². The van der Waals surface area contributed by atoms with Crippen LogP contribution in [0.25, 0.3) is 10.9 Å². The molecule has 173 valence electrons. The van der Waals surface area contributed by atoms with Crippen LogP contribution in [0.3, 0.4) is 0 Å². The van der Waals surface area contributed by atoms with Crippen molar-refractivity contribution in [3.05, 3.63) is 81.9 Å². The van der Waals surface area contributed by atoms with Crippen molar-refractivity contribution in [3.63, 3.8) is 0 Å². The first-order valence-electron chi connectivity index (χ1n) is 6.35. The standard InChI is InChI=1S/C12H11NO2S.7CO.HI.2Re/c1-7-3-4-10-8(5-7)6-9(11(16)13-10)12(14)15-2;7*1-2;;;/h3-6H,1-2H3,(H,13,16);;;;;;;;1H;;/q;;;;;;;;;;+1/p-2. The molecule has 0 aliphatic rings. The number of carbonyl (C=O) groups is 1. The summed E-state index contributed by atoms with van der Waals surface area (Å²) in [6.45, 7) is 33.5. The van der Waals surface area contributed by atoms with Crippen LogP contribution in [0.2, 0.25) is 0 Å². The zero-order valence-corrected chi connectivity index (χ0v) is 24.9. The SMILES string of the molecule is COC(=O)c1cc2cc(C)ccc2nc1[S-].[C-]#[O+].[C-]#[O+].[C-]#[O+].[C-]#[O+].[C-]#[O+].[C-]#[O+].[C-]#[O+].[I][Re].[Re]. The summed E-state index contributed by atoms with van der Waals surface area (Å²) in [7, 11) is 1.33. The second kappa shape index (κ2) is 52.5. The Morgan fingerprint density at radius 3 is 1.58 bits per heavy atom. The van der Waals surface area contributed by atoms with E-state index in [-0.39, 0.29) is 25.4 Å². The van der Waals surface area contributed by atoms with Gasteiger partial charge in [-0.25, -0.2) is 4.79 Å². The molecule has 1 aromatic heterocycles.